The standard InChI is InChI=1S/C13H19N3O2/c1-9-12(10(2)15(3)14-9)4-5-13(18)16-7-6-11(17)8-16/h4-5,11,17H,6-8H2,1-3H3. The Bertz CT molecular complexity index is 491. The summed E-state index contributed by atoms with van der Waals surface area (Å²) in [5.41, 5.74) is 2.95. The fourth-order valence-electron chi connectivity index (χ4n) is 2.23. The first kappa shape index (κ1) is 12.8. The summed E-state index contributed by atoms with van der Waals surface area (Å²) in [6.07, 6.45) is 3.67. The van der Waals surface area contributed by atoms with Crippen LogP contribution >= 0.6 is 0 Å². The zero-order valence-electron chi connectivity index (χ0n) is 11.1. The average Bonchev–Trinajstić information content (AvgIpc) is 2.83. The summed E-state index contributed by atoms with van der Waals surface area (Å²) in [5, 5.41) is 13.7. The molecule has 1 saturated heterocycles. The fourth-order valence-corrected chi connectivity index (χ4v) is 2.23. The number of amides is 1. The van der Waals surface area contributed by atoms with Crippen molar-refractivity contribution in [2.75, 3.05) is 13.1 Å². The Labute approximate surface area is 107 Å². The fraction of sp³-hybridized carbons (Fsp3) is 0.538. The van der Waals surface area contributed by atoms with Crippen molar-refractivity contribution < 1.29 is 9.90 Å². The van der Waals surface area contributed by atoms with E-state index in [1.807, 2.05) is 27.0 Å². The number of aliphatic hydroxyl groups excluding tert-OH is 1. The lowest BCUT2D eigenvalue weighted by molar-refractivity contribution is -0.125. The van der Waals surface area contributed by atoms with Gasteiger partial charge in [-0.25, -0.2) is 0 Å². The molecule has 5 heteroatoms. The maximum absolute atomic E-state index is 11.9. The van der Waals surface area contributed by atoms with Gasteiger partial charge in [0.1, 0.15) is 0 Å². The molecule has 1 aromatic rings. The van der Waals surface area contributed by atoms with Crippen LogP contribution in [0.1, 0.15) is 23.4 Å². The predicted molar refractivity (Wildman–Crippen MR) is 68.9 cm³/mol. The highest BCUT2D eigenvalue weighted by molar-refractivity contribution is 5.92. The molecule has 1 amide bonds. The van der Waals surface area contributed by atoms with Gasteiger partial charge in [0, 0.05) is 37.5 Å². The number of β-amino-alcohol motifs (C(OH)–C–C–N with tert-alkyl or cyclic N) is 1. The van der Waals surface area contributed by atoms with Gasteiger partial charge in [0.2, 0.25) is 5.91 Å². The molecule has 1 fully saturated rings. The van der Waals surface area contributed by atoms with Crippen LogP contribution in [-0.2, 0) is 11.8 Å². The van der Waals surface area contributed by atoms with Gasteiger partial charge >= 0.3 is 0 Å². The second-order valence-corrected chi connectivity index (χ2v) is 4.77. The van der Waals surface area contributed by atoms with Gasteiger partial charge in [0.15, 0.2) is 0 Å². The number of rotatable bonds is 2. The second-order valence-electron chi connectivity index (χ2n) is 4.77. The van der Waals surface area contributed by atoms with E-state index in [1.165, 1.54) is 0 Å². The summed E-state index contributed by atoms with van der Waals surface area (Å²) in [6.45, 7) is 4.98. The number of nitrogens with zero attached hydrogens (tertiary/aromatic N) is 3. The van der Waals surface area contributed by atoms with Gasteiger partial charge in [-0.3, -0.25) is 9.48 Å². The Balaban J connectivity index is 2.09. The van der Waals surface area contributed by atoms with Crippen LogP contribution in [0.4, 0.5) is 0 Å². The molecule has 2 rings (SSSR count). The highest BCUT2D eigenvalue weighted by Crippen LogP contribution is 2.15. The number of aryl methyl sites for hydroxylation is 2. The quantitative estimate of drug-likeness (QED) is 0.783. The Morgan fingerprint density at radius 3 is 2.72 bits per heavy atom. The van der Waals surface area contributed by atoms with Crippen molar-refractivity contribution in [1.82, 2.24) is 14.7 Å². The first-order valence-corrected chi connectivity index (χ1v) is 6.14. The summed E-state index contributed by atoms with van der Waals surface area (Å²) in [6, 6.07) is 0. The minimum Gasteiger partial charge on any atom is -0.391 e. The first-order valence-electron chi connectivity index (χ1n) is 6.14. The number of likely N-dealkylation sites (tertiary alicyclic amines) is 1. The topological polar surface area (TPSA) is 58.4 Å². The smallest absolute Gasteiger partial charge is 0.246 e. The van der Waals surface area contributed by atoms with E-state index in [2.05, 4.69) is 5.10 Å². The minimum atomic E-state index is -0.371. The molecule has 1 atom stereocenters. The molecule has 0 spiro atoms. The molecule has 0 bridgehead atoms. The van der Waals surface area contributed by atoms with E-state index in [4.69, 9.17) is 0 Å². The molecule has 1 aliphatic rings. The van der Waals surface area contributed by atoms with Crippen LogP contribution < -0.4 is 0 Å². The Kier molecular flexibility index (Phi) is 3.52. The van der Waals surface area contributed by atoms with Gasteiger partial charge in [-0.2, -0.15) is 5.10 Å². The monoisotopic (exact) mass is 249 g/mol. The molecule has 0 aliphatic carbocycles. The van der Waals surface area contributed by atoms with Crippen LogP contribution in [-0.4, -0.2) is 44.9 Å². The maximum Gasteiger partial charge on any atom is 0.246 e. The van der Waals surface area contributed by atoms with E-state index < -0.39 is 0 Å². The molecule has 1 unspecified atom stereocenters. The number of hydrogen-bond donors (Lipinski definition) is 1. The zero-order valence-corrected chi connectivity index (χ0v) is 11.1. The van der Waals surface area contributed by atoms with Gasteiger partial charge in [-0.1, -0.05) is 0 Å². The number of hydrogen-bond acceptors (Lipinski definition) is 3. The molecule has 0 radical (unpaired) electrons. The molecule has 18 heavy (non-hydrogen) atoms. The van der Waals surface area contributed by atoms with Crippen molar-refractivity contribution in [3.63, 3.8) is 0 Å². The van der Waals surface area contributed by atoms with Gasteiger partial charge in [0.05, 0.1) is 11.8 Å². The van der Waals surface area contributed by atoms with Crippen LogP contribution in [0, 0.1) is 13.8 Å². The lowest BCUT2D eigenvalue weighted by Crippen LogP contribution is -2.27. The normalized spacial score (nSPS) is 20.0. The highest BCUT2D eigenvalue weighted by atomic mass is 16.3. The van der Waals surface area contributed by atoms with E-state index >= 15 is 0 Å². The van der Waals surface area contributed by atoms with Gasteiger partial charge < -0.3 is 10.0 Å². The summed E-state index contributed by atoms with van der Waals surface area (Å²) >= 11 is 0. The largest absolute Gasteiger partial charge is 0.391 e. The minimum absolute atomic E-state index is 0.0470. The second kappa shape index (κ2) is 4.94. The maximum atomic E-state index is 11.9. The summed E-state index contributed by atoms with van der Waals surface area (Å²) in [5.74, 6) is -0.0470. The van der Waals surface area contributed by atoms with Crippen molar-refractivity contribution in [1.29, 1.82) is 0 Å². The summed E-state index contributed by atoms with van der Waals surface area (Å²) in [7, 11) is 1.89. The van der Waals surface area contributed by atoms with Crippen molar-refractivity contribution >= 4 is 12.0 Å². The first-order chi connectivity index (χ1) is 8.49. The van der Waals surface area contributed by atoms with Crippen molar-refractivity contribution in [3.8, 4) is 0 Å². The molecule has 98 valence electrons. The molecule has 1 aromatic heterocycles. The molecule has 1 N–H and O–H groups in total. The molecule has 2 heterocycles. The van der Waals surface area contributed by atoms with Crippen molar-refractivity contribution in [2.24, 2.45) is 7.05 Å². The predicted octanol–water partition coefficient (Wildman–Crippen LogP) is 0.643. The van der Waals surface area contributed by atoms with E-state index in [-0.39, 0.29) is 12.0 Å². The van der Waals surface area contributed by atoms with Crippen LogP contribution in [0.15, 0.2) is 6.08 Å². The Morgan fingerprint density at radius 2 is 2.22 bits per heavy atom. The third-order valence-electron chi connectivity index (χ3n) is 3.43. The lowest BCUT2D eigenvalue weighted by Gasteiger charge is -2.12. The van der Waals surface area contributed by atoms with Crippen LogP contribution in [0.3, 0.4) is 0 Å². The third-order valence-corrected chi connectivity index (χ3v) is 3.43. The van der Waals surface area contributed by atoms with Crippen molar-refractivity contribution in [3.05, 3.63) is 23.0 Å². The van der Waals surface area contributed by atoms with Gasteiger partial charge in [-0.15, -0.1) is 0 Å². The van der Waals surface area contributed by atoms with Gasteiger partial charge in [0.25, 0.3) is 0 Å². The van der Waals surface area contributed by atoms with Gasteiger partial charge in [-0.05, 0) is 26.3 Å². The van der Waals surface area contributed by atoms with Crippen LogP contribution in [0.5, 0.6) is 0 Å². The molecular weight excluding hydrogens is 230 g/mol. The Hall–Kier alpha value is -1.62. The molecule has 0 aromatic carbocycles. The van der Waals surface area contributed by atoms with E-state index in [0.717, 1.165) is 17.0 Å². The SMILES string of the molecule is Cc1nn(C)c(C)c1C=CC(=O)N1CCC(O)C1. The van der Waals surface area contributed by atoms with Crippen molar-refractivity contribution in [2.45, 2.75) is 26.4 Å². The Morgan fingerprint density at radius 1 is 1.50 bits per heavy atom. The molecule has 1 aliphatic heterocycles. The number of carbonyl (C=O) groups excluding carboxylic acids is 1. The highest BCUT2D eigenvalue weighted by Gasteiger charge is 2.22. The molecule has 0 saturated carbocycles. The number of aromatic nitrogens is 2. The lowest BCUT2D eigenvalue weighted by atomic mass is 10.2. The summed E-state index contributed by atoms with van der Waals surface area (Å²) < 4.78 is 1.80. The van der Waals surface area contributed by atoms with E-state index in [1.54, 1.807) is 15.7 Å². The number of aliphatic hydroxyl groups is 1. The van der Waals surface area contributed by atoms with E-state index in [0.29, 0.717) is 19.5 Å². The number of carbonyl (C=O) groups is 1. The summed E-state index contributed by atoms with van der Waals surface area (Å²) in [4.78, 5) is 13.6. The van der Waals surface area contributed by atoms with E-state index in [9.17, 15) is 9.90 Å². The third kappa shape index (κ3) is 2.46. The van der Waals surface area contributed by atoms with Crippen LogP contribution in [0.2, 0.25) is 0 Å². The molecule has 5 nitrogen and oxygen atoms in total. The average molecular weight is 249 g/mol. The molecular formula is C13H19N3O2. The zero-order chi connectivity index (χ0) is 13.3. The van der Waals surface area contributed by atoms with Crippen LogP contribution in [0.25, 0.3) is 6.08 Å².